The van der Waals surface area contributed by atoms with Gasteiger partial charge in [-0.05, 0) is 29.7 Å². The van der Waals surface area contributed by atoms with Crippen molar-refractivity contribution in [2.45, 2.75) is 6.92 Å². The first-order valence-electron chi connectivity index (χ1n) is 7.36. The van der Waals surface area contributed by atoms with Crippen LogP contribution in [-0.2, 0) is 0 Å². The first-order chi connectivity index (χ1) is 10.3. The Morgan fingerprint density at radius 3 is 2.43 bits per heavy atom. The first-order valence-corrected chi connectivity index (χ1v) is 7.36. The van der Waals surface area contributed by atoms with Crippen LogP contribution in [0.15, 0.2) is 42.5 Å². The molecule has 0 saturated carbocycles. The zero-order valence-electron chi connectivity index (χ0n) is 12.3. The maximum Gasteiger partial charge on any atom is 0.100 e. The minimum absolute atomic E-state index is 0.789. The second kappa shape index (κ2) is 5.99. The molecule has 1 N–H and O–H groups in total. The molecule has 1 aliphatic heterocycles. The summed E-state index contributed by atoms with van der Waals surface area (Å²) in [5, 5.41) is 13.0. The van der Waals surface area contributed by atoms with Gasteiger partial charge in [-0.1, -0.05) is 36.4 Å². The zero-order valence-corrected chi connectivity index (χ0v) is 12.3. The third-order valence-electron chi connectivity index (χ3n) is 4.09. The fourth-order valence-corrected chi connectivity index (χ4v) is 2.95. The van der Waals surface area contributed by atoms with Crippen molar-refractivity contribution in [1.29, 1.82) is 5.26 Å². The molecule has 0 radical (unpaired) electrons. The van der Waals surface area contributed by atoms with E-state index in [4.69, 9.17) is 0 Å². The van der Waals surface area contributed by atoms with Crippen molar-refractivity contribution in [3.8, 4) is 17.2 Å². The smallest absolute Gasteiger partial charge is 0.100 e. The highest BCUT2D eigenvalue weighted by atomic mass is 15.2. The van der Waals surface area contributed by atoms with E-state index in [1.54, 1.807) is 0 Å². The largest absolute Gasteiger partial charge is 0.369 e. The molecule has 0 unspecified atom stereocenters. The van der Waals surface area contributed by atoms with Gasteiger partial charge in [0.25, 0.3) is 0 Å². The molecule has 106 valence electrons. The molecule has 3 heteroatoms. The molecular formula is C18H19N3. The number of nitrogens with zero attached hydrogens (tertiary/aromatic N) is 2. The predicted octanol–water partition coefficient (Wildman–Crippen LogP) is 2.94. The average molecular weight is 277 g/mol. The van der Waals surface area contributed by atoms with Crippen LogP contribution in [-0.4, -0.2) is 26.2 Å². The summed E-state index contributed by atoms with van der Waals surface area (Å²) in [5.41, 5.74) is 5.18. The minimum atomic E-state index is 0.789. The Morgan fingerprint density at radius 2 is 1.76 bits per heavy atom. The number of hydrogen-bond acceptors (Lipinski definition) is 3. The van der Waals surface area contributed by atoms with Crippen LogP contribution in [0.25, 0.3) is 11.1 Å². The van der Waals surface area contributed by atoms with Crippen molar-refractivity contribution in [1.82, 2.24) is 5.32 Å². The molecule has 2 aromatic rings. The second-order valence-corrected chi connectivity index (χ2v) is 5.35. The number of nitriles is 1. The van der Waals surface area contributed by atoms with Crippen molar-refractivity contribution < 1.29 is 0 Å². The van der Waals surface area contributed by atoms with Crippen molar-refractivity contribution in [2.75, 3.05) is 31.1 Å². The molecule has 0 atom stereocenters. The Morgan fingerprint density at radius 1 is 1.05 bits per heavy atom. The van der Waals surface area contributed by atoms with Crippen LogP contribution in [0.1, 0.15) is 11.1 Å². The second-order valence-electron chi connectivity index (χ2n) is 5.35. The Labute approximate surface area is 125 Å². The topological polar surface area (TPSA) is 39.1 Å². The van der Waals surface area contributed by atoms with E-state index in [1.165, 1.54) is 5.69 Å². The summed E-state index contributed by atoms with van der Waals surface area (Å²) in [5.74, 6) is 0. The van der Waals surface area contributed by atoms with Gasteiger partial charge in [0.1, 0.15) is 6.07 Å². The lowest BCUT2D eigenvalue weighted by molar-refractivity contribution is 0.588. The predicted molar refractivity (Wildman–Crippen MR) is 86.4 cm³/mol. The van der Waals surface area contributed by atoms with Gasteiger partial charge in [0, 0.05) is 31.9 Å². The van der Waals surface area contributed by atoms with E-state index >= 15 is 0 Å². The molecule has 2 aromatic carbocycles. The third-order valence-corrected chi connectivity index (χ3v) is 4.09. The monoisotopic (exact) mass is 277 g/mol. The van der Waals surface area contributed by atoms with Crippen LogP contribution in [0, 0.1) is 18.3 Å². The lowest BCUT2D eigenvalue weighted by Gasteiger charge is -2.31. The van der Waals surface area contributed by atoms with Crippen LogP contribution >= 0.6 is 0 Å². The molecule has 3 nitrogen and oxygen atoms in total. The normalized spacial score (nSPS) is 14.8. The molecular weight excluding hydrogens is 258 g/mol. The van der Waals surface area contributed by atoms with Gasteiger partial charge < -0.3 is 10.2 Å². The molecule has 0 aromatic heterocycles. The SMILES string of the molecule is Cc1c(N2CCNCC2)ccc(-c2ccccc2)c1C#N. The molecule has 0 amide bonds. The van der Waals surface area contributed by atoms with Gasteiger partial charge in [0.15, 0.2) is 0 Å². The minimum Gasteiger partial charge on any atom is -0.369 e. The third kappa shape index (κ3) is 2.63. The van der Waals surface area contributed by atoms with E-state index in [0.717, 1.165) is 48.4 Å². The van der Waals surface area contributed by atoms with Crippen LogP contribution in [0.4, 0.5) is 5.69 Å². The molecule has 1 fully saturated rings. The van der Waals surface area contributed by atoms with Crippen molar-refractivity contribution in [3.05, 3.63) is 53.6 Å². The van der Waals surface area contributed by atoms with Gasteiger partial charge in [-0.15, -0.1) is 0 Å². The van der Waals surface area contributed by atoms with E-state index in [2.05, 4.69) is 47.5 Å². The van der Waals surface area contributed by atoms with Gasteiger partial charge in [0.2, 0.25) is 0 Å². The number of piperazine rings is 1. The maximum absolute atomic E-state index is 9.60. The summed E-state index contributed by atoms with van der Waals surface area (Å²) in [7, 11) is 0. The molecule has 0 aliphatic carbocycles. The molecule has 1 heterocycles. The van der Waals surface area contributed by atoms with Gasteiger partial charge in [0.05, 0.1) is 5.56 Å². The quantitative estimate of drug-likeness (QED) is 0.917. The number of benzene rings is 2. The van der Waals surface area contributed by atoms with Gasteiger partial charge >= 0.3 is 0 Å². The van der Waals surface area contributed by atoms with E-state index in [0.29, 0.717) is 0 Å². The van der Waals surface area contributed by atoms with Crippen molar-refractivity contribution in [2.24, 2.45) is 0 Å². The average Bonchev–Trinajstić information content (AvgIpc) is 2.56. The highest BCUT2D eigenvalue weighted by Crippen LogP contribution is 2.31. The van der Waals surface area contributed by atoms with E-state index in [-0.39, 0.29) is 0 Å². The molecule has 0 bridgehead atoms. The summed E-state index contributed by atoms with van der Waals surface area (Å²) < 4.78 is 0. The standard InChI is InChI=1S/C18H19N3/c1-14-17(13-19)16(15-5-3-2-4-6-15)7-8-18(14)21-11-9-20-10-12-21/h2-8,20H,9-12H2,1H3. The van der Waals surface area contributed by atoms with Crippen LogP contribution in [0.3, 0.4) is 0 Å². The van der Waals surface area contributed by atoms with E-state index in [1.807, 2.05) is 18.2 Å². The fourth-order valence-electron chi connectivity index (χ4n) is 2.95. The maximum atomic E-state index is 9.60. The van der Waals surface area contributed by atoms with Gasteiger partial charge in [-0.2, -0.15) is 5.26 Å². The number of rotatable bonds is 2. The number of hydrogen-bond donors (Lipinski definition) is 1. The van der Waals surface area contributed by atoms with Crippen LogP contribution < -0.4 is 10.2 Å². The molecule has 21 heavy (non-hydrogen) atoms. The van der Waals surface area contributed by atoms with Crippen molar-refractivity contribution >= 4 is 5.69 Å². The summed E-state index contributed by atoms with van der Waals surface area (Å²) in [6, 6.07) is 16.8. The summed E-state index contributed by atoms with van der Waals surface area (Å²) in [4.78, 5) is 2.36. The first kappa shape index (κ1) is 13.7. The Bertz CT molecular complexity index is 665. The molecule has 1 aliphatic rings. The van der Waals surface area contributed by atoms with Gasteiger partial charge in [-0.3, -0.25) is 0 Å². The number of nitrogens with one attached hydrogen (secondary N) is 1. The zero-order chi connectivity index (χ0) is 14.7. The van der Waals surface area contributed by atoms with Crippen molar-refractivity contribution in [3.63, 3.8) is 0 Å². The van der Waals surface area contributed by atoms with Crippen LogP contribution in [0.2, 0.25) is 0 Å². The summed E-state index contributed by atoms with van der Waals surface area (Å²) >= 11 is 0. The Balaban J connectivity index is 2.05. The van der Waals surface area contributed by atoms with E-state index in [9.17, 15) is 5.26 Å². The number of anilines is 1. The van der Waals surface area contributed by atoms with Gasteiger partial charge in [-0.25, -0.2) is 0 Å². The molecule has 3 rings (SSSR count). The Hall–Kier alpha value is -2.31. The highest BCUT2D eigenvalue weighted by Gasteiger charge is 2.17. The fraction of sp³-hybridized carbons (Fsp3) is 0.278. The van der Waals surface area contributed by atoms with E-state index < -0.39 is 0 Å². The lowest BCUT2D eigenvalue weighted by Crippen LogP contribution is -2.43. The molecule has 0 spiro atoms. The Kier molecular flexibility index (Phi) is 3.89. The van der Waals surface area contributed by atoms with Crippen LogP contribution in [0.5, 0.6) is 0 Å². The summed E-state index contributed by atoms with van der Waals surface area (Å²) in [6.07, 6.45) is 0. The molecule has 1 saturated heterocycles. The highest BCUT2D eigenvalue weighted by molar-refractivity contribution is 5.76. The summed E-state index contributed by atoms with van der Waals surface area (Å²) in [6.45, 7) is 6.05. The lowest BCUT2D eigenvalue weighted by atomic mass is 9.95.